The number of hydrogen-bond acceptors (Lipinski definition) is 4. The van der Waals surface area contributed by atoms with Crippen LogP contribution in [0, 0.1) is 5.92 Å². The van der Waals surface area contributed by atoms with E-state index in [4.69, 9.17) is 27.9 Å². The maximum atomic E-state index is 11.9. The van der Waals surface area contributed by atoms with E-state index < -0.39 is 18.5 Å². The third-order valence-electron chi connectivity index (χ3n) is 4.24. The standard InChI is InChI=1S/C18H22Cl2N2O4/c19-14-7-6-13(15(20)8-14)9-21-16(23)11-26-17(24)10-22-18(25)12-4-2-1-3-5-12/h6-8,12H,1-5,9-11H2,(H,21,23)(H,22,25). The first-order valence-electron chi connectivity index (χ1n) is 8.59. The Balaban J connectivity index is 1.63. The van der Waals surface area contributed by atoms with Crippen molar-refractivity contribution in [2.75, 3.05) is 13.2 Å². The van der Waals surface area contributed by atoms with Crippen LogP contribution in [0.25, 0.3) is 0 Å². The predicted molar refractivity (Wildman–Crippen MR) is 98.9 cm³/mol. The summed E-state index contributed by atoms with van der Waals surface area (Å²) in [7, 11) is 0. The number of rotatable bonds is 7. The minimum Gasteiger partial charge on any atom is -0.454 e. The van der Waals surface area contributed by atoms with Crippen molar-refractivity contribution in [1.82, 2.24) is 10.6 Å². The maximum Gasteiger partial charge on any atom is 0.325 e. The summed E-state index contributed by atoms with van der Waals surface area (Å²) in [6.07, 6.45) is 4.95. The lowest BCUT2D eigenvalue weighted by molar-refractivity contribution is -0.148. The van der Waals surface area contributed by atoms with E-state index in [9.17, 15) is 14.4 Å². The fraction of sp³-hybridized carbons (Fsp3) is 0.500. The summed E-state index contributed by atoms with van der Waals surface area (Å²) in [6, 6.07) is 4.96. The van der Waals surface area contributed by atoms with Crippen molar-refractivity contribution in [3.8, 4) is 0 Å². The fourth-order valence-electron chi connectivity index (χ4n) is 2.78. The molecule has 0 spiro atoms. The first-order chi connectivity index (χ1) is 12.5. The van der Waals surface area contributed by atoms with E-state index >= 15 is 0 Å². The van der Waals surface area contributed by atoms with Gasteiger partial charge in [0, 0.05) is 22.5 Å². The van der Waals surface area contributed by atoms with E-state index in [1.165, 1.54) is 0 Å². The molecule has 8 heteroatoms. The van der Waals surface area contributed by atoms with Gasteiger partial charge >= 0.3 is 5.97 Å². The lowest BCUT2D eigenvalue weighted by Crippen LogP contribution is -2.37. The summed E-state index contributed by atoms with van der Waals surface area (Å²) < 4.78 is 4.86. The summed E-state index contributed by atoms with van der Waals surface area (Å²) in [5, 5.41) is 6.12. The van der Waals surface area contributed by atoms with Gasteiger partial charge < -0.3 is 15.4 Å². The zero-order valence-corrected chi connectivity index (χ0v) is 15.9. The predicted octanol–water partition coefficient (Wildman–Crippen LogP) is 2.85. The third kappa shape index (κ3) is 6.84. The molecule has 0 unspecified atom stereocenters. The van der Waals surface area contributed by atoms with E-state index in [2.05, 4.69) is 10.6 Å². The molecule has 1 fully saturated rings. The largest absolute Gasteiger partial charge is 0.454 e. The van der Waals surface area contributed by atoms with E-state index in [0.29, 0.717) is 15.6 Å². The topological polar surface area (TPSA) is 84.5 Å². The zero-order chi connectivity index (χ0) is 18.9. The summed E-state index contributed by atoms with van der Waals surface area (Å²) in [5.41, 5.74) is 0.704. The van der Waals surface area contributed by atoms with Gasteiger partial charge in [-0.05, 0) is 30.5 Å². The Morgan fingerprint density at radius 2 is 1.81 bits per heavy atom. The average molecular weight is 401 g/mol. The third-order valence-corrected chi connectivity index (χ3v) is 4.83. The number of carbonyl (C=O) groups excluding carboxylic acids is 3. The van der Waals surface area contributed by atoms with E-state index in [1.807, 2.05) is 0 Å². The van der Waals surface area contributed by atoms with Crippen molar-refractivity contribution in [2.24, 2.45) is 5.92 Å². The highest BCUT2D eigenvalue weighted by molar-refractivity contribution is 6.35. The van der Waals surface area contributed by atoms with Gasteiger partial charge in [0.1, 0.15) is 6.54 Å². The Hall–Kier alpha value is -1.79. The van der Waals surface area contributed by atoms with Gasteiger partial charge in [0.2, 0.25) is 5.91 Å². The molecule has 2 rings (SSSR count). The molecule has 1 aromatic carbocycles. The van der Waals surface area contributed by atoms with Crippen LogP contribution in [0.1, 0.15) is 37.7 Å². The Morgan fingerprint density at radius 3 is 2.50 bits per heavy atom. The molecule has 1 aliphatic rings. The first-order valence-corrected chi connectivity index (χ1v) is 9.35. The summed E-state index contributed by atoms with van der Waals surface area (Å²) in [6.45, 7) is -0.445. The summed E-state index contributed by atoms with van der Waals surface area (Å²) in [4.78, 5) is 35.3. The Kier molecular flexibility index (Phi) is 8.19. The van der Waals surface area contributed by atoms with E-state index in [-0.39, 0.29) is 24.9 Å². The second-order valence-corrected chi connectivity index (χ2v) is 7.07. The van der Waals surface area contributed by atoms with Crippen molar-refractivity contribution >= 4 is 41.0 Å². The van der Waals surface area contributed by atoms with Gasteiger partial charge in [-0.25, -0.2) is 0 Å². The van der Waals surface area contributed by atoms with Gasteiger partial charge in [0.05, 0.1) is 0 Å². The number of amides is 2. The second-order valence-electron chi connectivity index (χ2n) is 6.23. The van der Waals surface area contributed by atoms with Gasteiger partial charge in [-0.1, -0.05) is 48.5 Å². The maximum absolute atomic E-state index is 11.9. The molecule has 0 aliphatic heterocycles. The zero-order valence-electron chi connectivity index (χ0n) is 14.4. The molecular weight excluding hydrogens is 379 g/mol. The summed E-state index contributed by atoms with van der Waals surface area (Å²) >= 11 is 11.8. The van der Waals surface area contributed by atoms with Crippen LogP contribution in [0.3, 0.4) is 0 Å². The van der Waals surface area contributed by atoms with Gasteiger partial charge in [-0.2, -0.15) is 0 Å². The van der Waals surface area contributed by atoms with Crippen LogP contribution in [0.5, 0.6) is 0 Å². The molecule has 1 aromatic rings. The highest BCUT2D eigenvalue weighted by Crippen LogP contribution is 2.23. The van der Waals surface area contributed by atoms with Crippen molar-refractivity contribution in [3.05, 3.63) is 33.8 Å². The van der Waals surface area contributed by atoms with Gasteiger partial charge in [-0.15, -0.1) is 0 Å². The molecule has 0 atom stereocenters. The lowest BCUT2D eigenvalue weighted by atomic mass is 9.89. The van der Waals surface area contributed by atoms with Gasteiger partial charge in [-0.3, -0.25) is 14.4 Å². The molecule has 26 heavy (non-hydrogen) atoms. The molecule has 0 saturated heterocycles. The van der Waals surface area contributed by atoms with Crippen molar-refractivity contribution in [2.45, 2.75) is 38.6 Å². The minimum atomic E-state index is -0.645. The van der Waals surface area contributed by atoms with Crippen molar-refractivity contribution in [1.29, 1.82) is 0 Å². The number of nitrogens with one attached hydrogen (secondary N) is 2. The van der Waals surface area contributed by atoms with Crippen molar-refractivity contribution in [3.63, 3.8) is 0 Å². The molecule has 0 aromatic heterocycles. The molecule has 6 nitrogen and oxygen atoms in total. The summed E-state index contributed by atoms with van der Waals surface area (Å²) in [5.74, 6) is -1.25. The second kappa shape index (κ2) is 10.4. The normalized spacial score (nSPS) is 14.5. The smallest absolute Gasteiger partial charge is 0.325 e. The molecule has 1 aliphatic carbocycles. The van der Waals surface area contributed by atoms with E-state index in [0.717, 1.165) is 32.1 Å². The van der Waals surface area contributed by atoms with Gasteiger partial charge in [0.25, 0.3) is 5.91 Å². The number of halogens is 2. The average Bonchev–Trinajstić information content (AvgIpc) is 2.64. The van der Waals surface area contributed by atoms with Crippen LogP contribution in [0.4, 0.5) is 0 Å². The minimum absolute atomic E-state index is 0.0241. The molecule has 0 heterocycles. The Labute approximate surface area is 162 Å². The SMILES string of the molecule is O=C(COC(=O)CNC(=O)C1CCCCC1)NCc1ccc(Cl)cc1Cl. The number of carbonyl (C=O) groups is 3. The molecule has 2 amide bonds. The highest BCUT2D eigenvalue weighted by Gasteiger charge is 2.21. The monoisotopic (exact) mass is 400 g/mol. The number of benzene rings is 1. The van der Waals surface area contributed by atoms with Crippen LogP contribution < -0.4 is 10.6 Å². The quantitative estimate of drug-likeness (QED) is 0.689. The molecular formula is C18H22Cl2N2O4. The Morgan fingerprint density at radius 1 is 1.08 bits per heavy atom. The molecule has 142 valence electrons. The molecule has 2 N–H and O–H groups in total. The van der Waals surface area contributed by atoms with Crippen LogP contribution in [0.15, 0.2) is 18.2 Å². The number of hydrogen-bond donors (Lipinski definition) is 2. The van der Waals surface area contributed by atoms with Crippen LogP contribution >= 0.6 is 23.2 Å². The fourth-order valence-corrected chi connectivity index (χ4v) is 3.25. The molecule has 0 radical (unpaired) electrons. The number of ether oxygens (including phenoxy) is 1. The van der Waals surface area contributed by atoms with E-state index in [1.54, 1.807) is 18.2 Å². The molecule has 0 bridgehead atoms. The van der Waals surface area contributed by atoms with Crippen LogP contribution in [-0.4, -0.2) is 30.9 Å². The molecule has 1 saturated carbocycles. The number of esters is 1. The Bertz CT molecular complexity index is 661. The lowest BCUT2D eigenvalue weighted by Gasteiger charge is -2.20. The van der Waals surface area contributed by atoms with Crippen molar-refractivity contribution < 1.29 is 19.1 Å². The first kappa shape index (κ1) is 20.5. The van der Waals surface area contributed by atoms with Crippen LogP contribution in [-0.2, 0) is 25.7 Å². The van der Waals surface area contributed by atoms with Crippen LogP contribution in [0.2, 0.25) is 10.0 Å². The van der Waals surface area contributed by atoms with Gasteiger partial charge in [0.15, 0.2) is 6.61 Å². The highest BCUT2D eigenvalue weighted by atomic mass is 35.5.